The summed E-state index contributed by atoms with van der Waals surface area (Å²) in [6.07, 6.45) is 2.13. The maximum atomic E-state index is 5.69. The molecule has 0 aliphatic carbocycles. The lowest BCUT2D eigenvalue weighted by Crippen LogP contribution is -2.31. The smallest absolute Gasteiger partial charge is 0.0410 e. The SMILES string of the molecule is CC(C)CC(C)N(C)c1cc(Br)ccc1CCN. The maximum Gasteiger partial charge on any atom is 0.0410 e. The van der Waals surface area contributed by atoms with Crippen LogP contribution in [0.5, 0.6) is 0 Å². The summed E-state index contributed by atoms with van der Waals surface area (Å²) >= 11 is 3.56. The van der Waals surface area contributed by atoms with Crippen LogP contribution in [0, 0.1) is 5.92 Å². The van der Waals surface area contributed by atoms with E-state index in [2.05, 4.69) is 66.8 Å². The molecule has 2 N–H and O–H groups in total. The van der Waals surface area contributed by atoms with Gasteiger partial charge in [0.2, 0.25) is 0 Å². The third-order valence-corrected chi connectivity index (χ3v) is 3.81. The summed E-state index contributed by atoms with van der Waals surface area (Å²) in [6, 6.07) is 7.00. The molecule has 1 aromatic rings. The Morgan fingerprint density at radius 2 is 1.94 bits per heavy atom. The molecule has 1 unspecified atom stereocenters. The highest BCUT2D eigenvalue weighted by Crippen LogP contribution is 2.27. The predicted octanol–water partition coefficient (Wildman–Crippen LogP) is 3.82. The summed E-state index contributed by atoms with van der Waals surface area (Å²) in [5.74, 6) is 0.715. The first-order valence-electron chi connectivity index (χ1n) is 6.67. The van der Waals surface area contributed by atoms with Gasteiger partial charge in [-0.2, -0.15) is 0 Å². The summed E-state index contributed by atoms with van der Waals surface area (Å²) in [6.45, 7) is 7.52. The van der Waals surface area contributed by atoms with Crippen molar-refractivity contribution in [2.75, 3.05) is 18.5 Å². The molecule has 0 saturated carbocycles. The van der Waals surface area contributed by atoms with E-state index in [1.165, 1.54) is 17.7 Å². The van der Waals surface area contributed by atoms with Gasteiger partial charge in [0.25, 0.3) is 0 Å². The van der Waals surface area contributed by atoms with Crippen molar-refractivity contribution in [3.63, 3.8) is 0 Å². The quantitative estimate of drug-likeness (QED) is 0.865. The molecule has 3 heteroatoms. The summed E-state index contributed by atoms with van der Waals surface area (Å²) in [5.41, 5.74) is 8.32. The van der Waals surface area contributed by atoms with E-state index in [1.54, 1.807) is 0 Å². The number of benzene rings is 1. The monoisotopic (exact) mass is 312 g/mol. The minimum atomic E-state index is 0.538. The Bertz CT molecular complexity index is 377. The van der Waals surface area contributed by atoms with E-state index >= 15 is 0 Å². The minimum Gasteiger partial charge on any atom is -0.372 e. The highest BCUT2D eigenvalue weighted by atomic mass is 79.9. The number of hydrogen-bond donors (Lipinski definition) is 1. The zero-order chi connectivity index (χ0) is 13.7. The molecule has 1 aromatic carbocycles. The van der Waals surface area contributed by atoms with Crippen LogP contribution >= 0.6 is 15.9 Å². The zero-order valence-electron chi connectivity index (χ0n) is 11.9. The van der Waals surface area contributed by atoms with Crippen molar-refractivity contribution in [2.24, 2.45) is 11.7 Å². The molecule has 0 radical (unpaired) electrons. The van der Waals surface area contributed by atoms with Crippen molar-refractivity contribution in [1.82, 2.24) is 0 Å². The fraction of sp³-hybridized carbons (Fsp3) is 0.600. The summed E-state index contributed by atoms with van der Waals surface area (Å²) in [4.78, 5) is 2.37. The van der Waals surface area contributed by atoms with Crippen molar-refractivity contribution in [2.45, 2.75) is 39.7 Å². The third kappa shape index (κ3) is 4.29. The average Bonchev–Trinajstić information content (AvgIpc) is 2.30. The summed E-state index contributed by atoms with van der Waals surface area (Å²) < 4.78 is 1.13. The molecule has 0 amide bonds. The Morgan fingerprint density at radius 3 is 2.50 bits per heavy atom. The fourth-order valence-corrected chi connectivity index (χ4v) is 2.66. The van der Waals surface area contributed by atoms with Crippen LogP contribution in [0.25, 0.3) is 0 Å². The Hall–Kier alpha value is -0.540. The number of nitrogens with zero attached hydrogens (tertiary/aromatic N) is 1. The minimum absolute atomic E-state index is 0.538. The Balaban J connectivity index is 2.95. The lowest BCUT2D eigenvalue weighted by Gasteiger charge is -2.30. The number of anilines is 1. The lowest BCUT2D eigenvalue weighted by atomic mass is 10.0. The van der Waals surface area contributed by atoms with Crippen LogP contribution in [-0.2, 0) is 6.42 Å². The molecule has 0 aliphatic rings. The topological polar surface area (TPSA) is 29.3 Å². The first-order chi connectivity index (χ1) is 8.45. The molecule has 1 atom stereocenters. The second kappa shape index (κ2) is 7.15. The molecule has 2 nitrogen and oxygen atoms in total. The largest absolute Gasteiger partial charge is 0.372 e. The van der Waals surface area contributed by atoms with E-state index in [0.717, 1.165) is 10.9 Å². The molecule has 0 heterocycles. The predicted molar refractivity (Wildman–Crippen MR) is 84.2 cm³/mol. The van der Waals surface area contributed by atoms with E-state index in [-0.39, 0.29) is 0 Å². The van der Waals surface area contributed by atoms with Crippen LogP contribution < -0.4 is 10.6 Å². The first kappa shape index (κ1) is 15.5. The van der Waals surface area contributed by atoms with E-state index in [1.807, 2.05) is 0 Å². The number of hydrogen-bond acceptors (Lipinski definition) is 2. The van der Waals surface area contributed by atoms with Gasteiger partial charge in [0.1, 0.15) is 0 Å². The lowest BCUT2D eigenvalue weighted by molar-refractivity contribution is 0.503. The fourth-order valence-electron chi connectivity index (χ4n) is 2.31. The van der Waals surface area contributed by atoms with Crippen LogP contribution in [0.1, 0.15) is 32.8 Å². The van der Waals surface area contributed by atoms with Crippen molar-refractivity contribution >= 4 is 21.6 Å². The highest BCUT2D eigenvalue weighted by molar-refractivity contribution is 9.10. The third-order valence-electron chi connectivity index (χ3n) is 3.31. The molecule has 0 saturated heterocycles. The molecule has 0 fully saturated rings. The molecular formula is C15H25BrN2. The summed E-state index contributed by atoms with van der Waals surface area (Å²) in [5, 5.41) is 0. The van der Waals surface area contributed by atoms with Crippen LogP contribution in [-0.4, -0.2) is 19.6 Å². The van der Waals surface area contributed by atoms with Gasteiger partial charge in [-0.05, 0) is 49.9 Å². The highest BCUT2D eigenvalue weighted by Gasteiger charge is 2.15. The van der Waals surface area contributed by atoms with E-state index in [4.69, 9.17) is 5.73 Å². The van der Waals surface area contributed by atoms with E-state index < -0.39 is 0 Å². The molecule has 1 rings (SSSR count). The van der Waals surface area contributed by atoms with Crippen LogP contribution in [0.3, 0.4) is 0 Å². The van der Waals surface area contributed by atoms with Gasteiger partial charge in [0.05, 0.1) is 0 Å². The Kier molecular flexibility index (Phi) is 6.16. The van der Waals surface area contributed by atoms with Crippen molar-refractivity contribution < 1.29 is 0 Å². The van der Waals surface area contributed by atoms with Gasteiger partial charge in [-0.25, -0.2) is 0 Å². The zero-order valence-corrected chi connectivity index (χ0v) is 13.5. The Labute approximate surface area is 120 Å². The molecular weight excluding hydrogens is 288 g/mol. The van der Waals surface area contributed by atoms with Gasteiger partial charge in [-0.1, -0.05) is 35.8 Å². The number of rotatable bonds is 6. The van der Waals surface area contributed by atoms with Crippen LogP contribution in [0.15, 0.2) is 22.7 Å². The molecule has 102 valence electrons. The van der Waals surface area contributed by atoms with Crippen LogP contribution in [0.2, 0.25) is 0 Å². The van der Waals surface area contributed by atoms with Crippen LogP contribution in [0.4, 0.5) is 5.69 Å². The van der Waals surface area contributed by atoms with Gasteiger partial charge >= 0.3 is 0 Å². The molecule has 0 bridgehead atoms. The second-order valence-electron chi connectivity index (χ2n) is 5.40. The number of nitrogens with two attached hydrogens (primary N) is 1. The normalized spacial score (nSPS) is 12.8. The maximum absolute atomic E-state index is 5.69. The van der Waals surface area contributed by atoms with Gasteiger partial charge in [-0.3, -0.25) is 0 Å². The van der Waals surface area contributed by atoms with Gasteiger partial charge < -0.3 is 10.6 Å². The Morgan fingerprint density at radius 1 is 1.28 bits per heavy atom. The average molecular weight is 313 g/mol. The van der Waals surface area contributed by atoms with Gasteiger partial charge in [0.15, 0.2) is 0 Å². The molecule has 0 aromatic heterocycles. The molecule has 0 spiro atoms. The first-order valence-corrected chi connectivity index (χ1v) is 7.46. The molecule has 18 heavy (non-hydrogen) atoms. The number of halogens is 1. The van der Waals surface area contributed by atoms with Crippen molar-refractivity contribution in [1.29, 1.82) is 0 Å². The second-order valence-corrected chi connectivity index (χ2v) is 6.32. The standard InChI is InChI=1S/C15H25BrN2/c1-11(2)9-12(3)18(4)15-10-14(16)6-5-13(15)7-8-17/h5-6,10-12H,7-9,17H2,1-4H3. The van der Waals surface area contributed by atoms with E-state index in [9.17, 15) is 0 Å². The van der Waals surface area contributed by atoms with Gasteiger partial charge in [0, 0.05) is 23.2 Å². The van der Waals surface area contributed by atoms with Crippen molar-refractivity contribution in [3.8, 4) is 0 Å². The van der Waals surface area contributed by atoms with E-state index in [0.29, 0.717) is 18.5 Å². The molecule has 0 aliphatic heterocycles. The van der Waals surface area contributed by atoms with Gasteiger partial charge in [-0.15, -0.1) is 0 Å². The van der Waals surface area contributed by atoms with Crippen molar-refractivity contribution in [3.05, 3.63) is 28.2 Å². The summed E-state index contributed by atoms with van der Waals surface area (Å²) in [7, 11) is 2.18.